The number of methoxy groups -OCH3 is 1. The van der Waals surface area contributed by atoms with Gasteiger partial charge in [-0.05, 0) is 38.0 Å². The summed E-state index contributed by atoms with van der Waals surface area (Å²) in [6.45, 7) is 6.23. The molecule has 0 aromatic heterocycles. The fourth-order valence-corrected chi connectivity index (χ4v) is 1.39. The van der Waals surface area contributed by atoms with Crippen LogP contribution in [0.15, 0.2) is 24.3 Å². The first kappa shape index (κ1) is 14.6. The Morgan fingerprint density at radius 3 is 2.33 bits per heavy atom. The van der Waals surface area contributed by atoms with Gasteiger partial charge < -0.3 is 9.47 Å². The molecule has 1 aromatic carbocycles. The zero-order chi connectivity index (χ0) is 13.6. The van der Waals surface area contributed by atoms with Crippen LogP contribution < -0.4 is 4.74 Å². The second kappa shape index (κ2) is 6.43. The lowest BCUT2D eigenvalue weighted by Gasteiger charge is -2.20. The Bertz CT molecular complexity index is 379. The van der Waals surface area contributed by atoms with Gasteiger partial charge >= 0.3 is 5.97 Å². The van der Waals surface area contributed by atoms with Crippen LogP contribution in [0.1, 0.15) is 32.8 Å². The van der Waals surface area contributed by atoms with Crippen molar-refractivity contribution in [3.63, 3.8) is 0 Å². The topological polar surface area (TPSA) is 35.5 Å². The largest absolute Gasteiger partial charge is 0.497 e. The van der Waals surface area contributed by atoms with E-state index in [0.29, 0.717) is 6.61 Å². The molecule has 0 aliphatic heterocycles. The van der Waals surface area contributed by atoms with Crippen LogP contribution in [0.2, 0.25) is 0 Å². The molecule has 0 heterocycles. The summed E-state index contributed by atoms with van der Waals surface area (Å²) < 4.78 is 10.4. The maximum absolute atomic E-state index is 11.7. The number of esters is 1. The van der Waals surface area contributed by atoms with Crippen LogP contribution in [0.5, 0.6) is 5.75 Å². The molecule has 0 saturated carbocycles. The van der Waals surface area contributed by atoms with E-state index in [4.69, 9.17) is 9.47 Å². The highest BCUT2D eigenvalue weighted by molar-refractivity contribution is 5.75. The minimum absolute atomic E-state index is 0.126. The van der Waals surface area contributed by atoms with E-state index < -0.39 is 0 Å². The highest BCUT2D eigenvalue weighted by Crippen LogP contribution is 2.21. The molecule has 0 radical (unpaired) electrons. The quantitative estimate of drug-likeness (QED) is 0.727. The van der Waals surface area contributed by atoms with Crippen LogP contribution in [0.3, 0.4) is 0 Å². The molecule has 0 spiro atoms. The summed E-state index contributed by atoms with van der Waals surface area (Å²) in [4.78, 5) is 11.7. The van der Waals surface area contributed by atoms with Gasteiger partial charge in [0.1, 0.15) is 5.75 Å². The van der Waals surface area contributed by atoms with Crippen LogP contribution in [-0.2, 0) is 16.0 Å². The zero-order valence-corrected chi connectivity index (χ0v) is 11.7. The maximum Gasteiger partial charge on any atom is 0.311 e. The van der Waals surface area contributed by atoms with Gasteiger partial charge in [-0.15, -0.1) is 0 Å². The highest BCUT2D eigenvalue weighted by atomic mass is 16.5. The highest BCUT2D eigenvalue weighted by Gasteiger charge is 2.26. The number of hydrogen-bond acceptors (Lipinski definition) is 3. The summed E-state index contributed by atoms with van der Waals surface area (Å²) in [6, 6.07) is 7.79. The first-order valence-corrected chi connectivity index (χ1v) is 6.29. The summed E-state index contributed by atoms with van der Waals surface area (Å²) in [5, 5.41) is 0. The Balaban J connectivity index is 2.39. The van der Waals surface area contributed by atoms with Gasteiger partial charge in [0, 0.05) is 6.42 Å². The normalized spacial score (nSPS) is 11.1. The average Bonchev–Trinajstić information content (AvgIpc) is 2.39. The van der Waals surface area contributed by atoms with E-state index in [1.807, 2.05) is 45.0 Å². The molecule has 18 heavy (non-hydrogen) atoms. The van der Waals surface area contributed by atoms with Crippen LogP contribution in [0.4, 0.5) is 0 Å². The van der Waals surface area contributed by atoms with E-state index in [-0.39, 0.29) is 11.4 Å². The molecule has 3 nitrogen and oxygen atoms in total. The van der Waals surface area contributed by atoms with Gasteiger partial charge in [-0.2, -0.15) is 0 Å². The van der Waals surface area contributed by atoms with E-state index in [1.165, 1.54) is 0 Å². The zero-order valence-electron chi connectivity index (χ0n) is 11.7. The Morgan fingerprint density at radius 2 is 1.83 bits per heavy atom. The number of rotatable bonds is 6. The fourth-order valence-electron chi connectivity index (χ4n) is 1.39. The Kier molecular flexibility index (Phi) is 5.20. The van der Waals surface area contributed by atoms with E-state index >= 15 is 0 Å². The predicted octanol–water partition coefficient (Wildman–Crippen LogP) is 3.22. The second-order valence-corrected chi connectivity index (χ2v) is 4.97. The lowest BCUT2D eigenvalue weighted by Crippen LogP contribution is -2.26. The van der Waals surface area contributed by atoms with Crippen molar-refractivity contribution in [2.24, 2.45) is 5.41 Å². The van der Waals surface area contributed by atoms with Crippen molar-refractivity contribution in [3.05, 3.63) is 29.8 Å². The van der Waals surface area contributed by atoms with Crippen molar-refractivity contribution in [3.8, 4) is 5.75 Å². The standard InChI is InChI=1S/C15H22O3/c1-5-15(2,3)14(16)18-11-10-12-6-8-13(17-4)9-7-12/h6-9H,5,10-11H2,1-4H3. The molecule has 100 valence electrons. The van der Waals surface area contributed by atoms with Gasteiger partial charge in [-0.25, -0.2) is 0 Å². The smallest absolute Gasteiger partial charge is 0.311 e. The van der Waals surface area contributed by atoms with E-state index in [1.54, 1.807) is 7.11 Å². The molecule has 1 rings (SSSR count). The average molecular weight is 250 g/mol. The van der Waals surface area contributed by atoms with Crippen LogP contribution in [0, 0.1) is 5.41 Å². The monoisotopic (exact) mass is 250 g/mol. The van der Waals surface area contributed by atoms with Crippen LogP contribution >= 0.6 is 0 Å². The molecule has 1 aromatic rings. The summed E-state index contributed by atoms with van der Waals surface area (Å²) in [7, 11) is 1.64. The van der Waals surface area contributed by atoms with Gasteiger partial charge in [0.15, 0.2) is 0 Å². The van der Waals surface area contributed by atoms with Crippen molar-refractivity contribution in [2.75, 3.05) is 13.7 Å². The van der Waals surface area contributed by atoms with Crippen molar-refractivity contribution >= 4 is 5.97 Å². The van der Waals surface area contributed by atoms with Gasteiger partial charge in [0.25, 0.3) is 0 Å². The predicted molar refractivity (Wildman–Crippen MR) is 71.7 cm³/mol. The molecule has 0 aliphatic carbocycles. The van der Waals surface area contributed by atoms with Gasteiger partial charge in [-0.1, -0.05) is 19.1 Å². The van der Waals surface area contributed by atoms with Gasteiger partial charge in [0.2, 0.25) is 0 Å². The Labute approximate surface area is 109 Å². The molecule has 3 heteroatoms. The third kappa shape index (κ3) is 4.06. The first-order chi connectivity index (χ1) is 8.49. The summed E-state index contributed by atoms with van der Waals surface area (Å²) >= 11 is 0. The van der Waals surface area contributed by atoms with E-state index in [0.717, 1.165) is 24.2 Å². The summed E-state index contributed by atoms with van der Waals surface area (Å²) in [5.74, 6) is 0.710. The van der Waals surface area contributed by atoms with Crippen molar-refractivity contribution in [2.45, 2.75) is 33.6 Å². The molecule has 0 atom stereocenters. The first-order valence-electron chi connectivity index (χ1n) is 6.29. The van der Waals surface area contributed by atoms with Crippen molar-refractivity contribution in [1.82, 2.24) is 0 Å². The lowest BCUT2D eigenvalue weighted by atomic mass is 9.91. The molecule has 0 unspecified atom stereocenters. The SMILES string of the molecule is CCC(C)(C)C(=O)OCCc1ccc(OC)cc1. The molecular formula is C15H22O3. The third-order valence-corrected chi connectivity index (χ3v) is 3.22. The number of carbonyl (C=O) groups excluding carboxylic acids is 1. The van der Waals surface area contributed by atoms with E-state index in [2.05, 4.69) is 0 Å². The fraction of sp³-hybridized carbons (Fsp3) is 0.533. The van der Waals surface area contributed by atoms with Crippen LogP contribution in [-0.4, -0.2) is 19.7 Å². The van der Waals surface area contributed by atoms with Crippen LogP contribution in [0.25, 0.3) is 0 Å². The van der Waals surface area contributed by atoms with Gasteiger partial charge in [0.05, 0.1) is 19.1 Å². The Hall–Kier alpha value is -1.51. The maximum atomic E-state index is 11.7. The van der Waals surface area contributed by atoms with Crippen molar-refractivity contribution < 1.29 is 14.3 Å². The summed E-state index contributed by atoms with van der Waals surface area (Å²) in [5.41, 5.74) is 0.748. The van der Waals surface area contributed by atoms with Gasteiger partial charge in [-0.3, -0.25) is 4.79 Å². The summed E-state index contributed by atoms with van der Waals surface area (Å²) in [6.07, 6.45) is 1.52. The number of ether oxygens (including phenoxy) is 2. The molecule has 0 aliphatic rings. The molecule has 0 N–H and O–H groups in total. The minimum atomic E-state index is -0.389. The third-order valence-electron chi connectivity index (χ3n) is 3.22. The molecule has 0 fully saturated rings. The van der Waals surface area contributed by atoms with Crippen molar-refractivity contribution in [1.29, 1.82) is 0 Å². The molecule has 0 amide bonds. The molecule has 0 bridgehead atoms. The second-order valence-electron chi connectivity index (χ2n) is 4.97. The molecular weight excluding hydrogens is 228 g/mol. The number of benzene rings is 1. The number of hydrogen-bond donors (Lipinski definition) is 0. The lowest BCUT2D eigenvalue weighted by molar-refractivity contribution is -0.154. The van der Waals surface area contributed by atoms with E-state index in [9.17, 15) is 4.79 Å². The molecule has 0 saturated heterocycles. The Morgan fingerprint density at radius 1 is 1.22 bits per heavy atom. The number of carbonyl (C=O) groups is 1. The minimum Gasteiger partial charge on any atom is -0.497 e.